The molecule has 0 aliphatic rings. The first-order valence-corrected chi connectivity index (χ1v) is 6.35. The van der Waals surface area contributed by atoms with E-state index in [0.29, 0.717) is 0 Å². The number of nitrogens with zero attached hydrogens (tertiary/aromatic N) is 2. The molecule has 3 nitrogen and oxygen atoms in total. The van der Waals surface area contributed by atoms with Crippen LogP contribution in [0.15, 0.2) is 28.7 Å². The molecule has 0 bridgehead atoms. The van der Waals surface area contributed by atoms with Crippen LogP contribution in [0.2, 0.25) is 0 Å². The minimum absolute atomic E-state index is 0.732. The van der Waals surface area contributed by atoms with E-state index < -0.39 is 0 Å². The number of anilines is 1. The van der Waals surface area contributed by atoms with Crippen LogP contribution < -0.4 is 5.73 Å². The molecule has 2 N–H and O–H groups in total. The number of hydrogen-bond donors (Lipinski definition) is 1. The molecule has 5 heteroatoms. The highest BCUT2D eigenvalue weighted by Gasteiger charge is 2.02. The van der Waals surface area contributed by atoms with Gasteiger partial charge in [0.15, 0.2) is 0 Å². The summed E-state index contributed by atoms with van der Waals surface area (Å²) in [4.78, 5) is 9.42. The third kappa shape index (κ3) is 2.70. The molecular formula is C10H11N3S2. The van der Waals surface area contributed by atoms with E-state index in [1.807, 2.05) is 13.0 Å². The number of nitrogens with two attached hydrogens (primary N) is 1. The second-order valence-electron chi connectivity index (χ2n) is 3.08. The molecule has 0 atom stereocenters. The van der Waals surface area contributed by atoms with Gasteiger partial charge in [0.05, 0.1) is 17.6 Å². The number of aromatic nitrogens is 2. The number of nitrogen functional groups attached to an aromatic ring is 1. The summed E-state index contributed by atoms with van der Waals surface area (Å²) in [5.74, 6) is 0.868. The van der Waals surface area contributed by atoms with Crippen LogP contribution in [0, 0.1) is 6.92 Å². The van der Waals surface area contributed by atoms with Gasteiger partial charge in [-0.2, -0.15) is 0 Å². The maximum atomic E-state index is 5.79. The molecule has 0 saturated heterocycles. The molecule has 78 valence electrons. The fourth-order valence-electron chi connectivity index (χ4n) is 1.13. The van der Waals surface area contributed by atoms with Crippen LogP contribution in [0.4, 0.5) is 5.69 Å². The van der Waals surface area contributed by atoms with Crippen molar-refractivity contribution in [3.8, 4) is 0 Å². The van der Waals surface area contributed by atoms with Crippen LogP contribution in [-0.2, 0) is 5.75 Å². The van der Waals surface area contributed by atoms with Crippen molar-refractivity contribution in [2.24, 2.45) is 0 Å². The average molecular weight is 237 g/mol. The van der Waals surface area contributed by atoms with Crippen LogP contribution in [-0.4, -0.2) is 9.97 Å². The molecule has 2 aromatic heterocycles. The Morgan fingerprint density at radius 3 is 3.07 bits per heavy atom. The SMILES string of the molecule is Cc1csc(CSc2ccncc2N)n1. The Labute approximate surface area is 96.8 Å². The van der Waals surface area contributed by atoms with Gasteiger partial charge in [-0.05, 0) is 13.0 Å². The maximum Gasteiger partial charge on any atom is 0.103 e. The minimum Gasteiger partial charge on any atom is -0.397 e. The minimum atomic E-state index is 0.732. The molecule has 0 aliphatic heterocycles. The van der Waals surface area contributed by atoms with Crippen LogP contribution in [0.1, 0.15) is 10.7 Å². The van der Waals surface area contributed by atoms with Gasteiger partial charge in [0.2, 0.25) is 0 Å². The fourth-order valence-corrected chi connectivity index (χ4v) is 2.86. The van der Waals surface area contributed by atoms with Crippen LogP contribution >= 0.6 is 23.1 Å². The van der Waals surface area contributed by atoms with E-state index in [9.17, 15) is 0 Å². The second kappa shape index (κ2) is 4.63. The average Bonchev–Trinajstić information content (AvgIpc) is 2.63. The summed E-state index contributed by atoms with van der Waals surface area (Å²) in [6.07, 6.45) is 3.43. The quantitative estimate of drug-likeness (QED) is 0.834. The van der Waals surface area contributed by atoms with E-state index in [4.69, 9.17) is 5.73 Å². The van der Waals surface area contributed by atoms with Crippen molar-refractivity contribution in [3.63, 3.8) is 0 Å². The first-order valence-electron chi connectivity index (χ1n) is 4.49. The number of thiazole rings is 1. The first kappa shape index (κ1) is 10.4. The Morgan fingerprint density at radius 2 is 2.40 bits per heavy atom. The molecule has 0 radical (unpaired) electrons. The van der Waals surface area contributed by atoms with Gasteiger partial charge < -0.3 is 5.73 Å². The summed E-state index contributed by atoms with van der Waals surface area (Å²) < 4.78 is 0. The van der Waals surface area contributed by atoms with Crippen LogP contribution in [0.25, 0.3) is 0 Å². The lowest BCUT2D eigenvalue weighted by atomic mass is 10.4. The third-order valence-electron chi connectivity index (χ3n) is 1.83. The van der Waals surface area contributed by atoms with Gasteiger partial charge in [0.25, 0.3) is 0 Å². The van der Waals surface area contributed by atoms with Gasteiger partial charge in [0.1, 0.15) is 5.01 Å². The lowest BCUT2D eigenvalue weighted by Crippen LogP contribution is -1.89. The maximum absolute atomic E-state index is 5.79. The van der Waals surface area contributed by atoms with Crippen molar-refractivity contribution >= 4 is 28.8 Å². The summed E-state index contributed by atoms with van der Waals surface area (Å²) in [6, 6.07) is 1.93. The van der Waals surface area contributed by atoms with Crippen molar-refractivity contribution in [1.82, 2.24) is 9.97 Å². The van der Waals surface area contributed by atoms with Crippen LogP contribution in [0.5, 0.6) is 0 Å². The molecule has 0 aliphatic carbocycles. The molecule has 0 unspecified atom stereocenters. The van der Waals surface area contributed by atoms with Gasteiger partial charge in [-0.15, -0.1) is 23.1 Å². The Kier molecular flexibility index (Phi) is 3.23. The van der Waals surface area contributed by atoms with E-state index in [2.05, 4.69) is 15.3 Å². The summed E-state index contributed by atoms with van der Waals surface area (Å²) in [6.45, 7) is 2.01. The molecule has 0 spiro atoms. The molecule has 15 heavy (non-hydrogen) atoms. The summed E-state index contributed by atoms with van der Waals surface area (Å²) >= 11 is 3.38. The number of thioether (sulfide) groups is 1. The molecule has 0 amide bonds. The van der Waals surface area contributed by atoms with Crippen molar-refractivity contribution in [1.29, 1.82) is 0 Å². The summed E-state index contributed by atoms with van der Waals surface area (Å²) in [7, 11) is 0. The third-order valence-corrected chi connectivity index (χ3v) is 4.08. The van der Waals surface area contributed by atoms with E-state index in [0.717, 1.165) is 27.0 Å². The normalized spacial score (nSPS) is 10.5. The van der Waals surface area contributed by atoms with Crippen molar-refractivity contribution < 1.29 is 0 Å². The molecule has 0 fully saturated rings. The highest BCUT2D eigenvalue weighted by molar-refractivity contribution is 7.98. The number of pyridine rings is 1. The summed E-state index contributed by atoms with van der Waals surface area (Å²) in [5, 5.41) is 3.19. The van der Waals surface area contributed by atoms with E-state index in [1.165, 1.54) is 0 Å². The monoisotopic (exact) mass is 237 g/mol. The highest BCUT2D eigenvalue weighted by Crippen LogP contribution is 2.27. The lowest BCUT2D eigenvalue weighted by Gasteiger charge is -2.01. The zero-order chi connectivity index (χ0) is 10.7. The smallest absolute Gasteiger partial charge is 0.103 e. The Bertz CT molecular complexity index is 453. The lowest BCUT2D eigenvalue weighted by molar-refractivity contribution is 1.18. The first-order chi connectivity index (χ1) is 7.25. The van der Waals surface area contributed by atoms with E-state index >= 15 is 0 Å². The molecule has 0 saturated carbocycles. The van der Waals surface area contributed by atoms with Crippen LogP contribution in [0.3, 0.4) is 0 Å². The Hall–Kier alpha value is -1.07. The topological polar surface area (TPSA) is 51.8 Å². The predicted molar refractivity (Wildman–Crippen MR) is 65.1 cm³/mol. The molecular weight excluding hydrogens is 226 g/mol. The number of rotatable bonds is 3. The van der Waals surface area contributed by atoms with Gasteiger partial charge in [-0.1, -0.05) is 0 Å². The van der Waals surface area contributed by atoms with Crippen molar-refractivity contribution in [2.75, 3.05) is 5.73 Å². The second-order valence-corrected chi connectivity index (χ2v) is 5.04. The molecule has 2 heterocycles. The standard InChI is InChI=1S/C10H11N3S2/c1-7-5-15-10(13-7)6-14-9-2-3-12-4-8(9)11/h2-5H,6,11H2,1H3. The van der Waals surface area contributed by atoms with E-state index in [-0.39, 0.29) is 0 Å². The van der Waals surface area contributed by atoms with Crippen molar-refractivity contribution in [2.45, 2.75) is 17.6 Å². The molecule has 2 rings (SSSR count). The predicted octanol–water partition coefficient (Wildman–Crippen LogP) is 2.72. The fraction of sp³-hybridized carbons (Fsp3) is 0.200. The van der Waals surface area contributed by atoms with E-state index in [1.54, 1.807) is 35.5 Å². The van der Waals surface area contributed by atoms with Gasteiger partial charge in [-0.3, -0.25) is 4.98 Å². The number of aryl methyl sites for hydroxylation is 1. The number of hydrogen-bond acceptors (Lipinski definition) is 5. The summed E-state index contributed by atoms with van der Waals surface area (Å²) in [5.41, 5.74) is 7.60. The molecule has 2 aromatic rings. The zero-order valence-corrected chi connectivity index (χ0v) is 9.94. The Morgan fingerprint density at radius 1 is 1.53 bits per heavy atom. The Balaban J connectivity index is 2.02. The van der Waals surface area contributed by atoms with Crippen molar-refractivity contribution in [3.05, 3.63) is 34.5 Å². The van der Waals surface area contributed by atoms with Gasteiger partial charge in [-0.25, -0.2) is 4.98 Å². The van der Waals surface area contributed by atoms with Gasteiger partial charge in [0, 0.05) is 22.2 Å². The largest absolute Gasteiger partial charge is 0.397 e. The highest BCUT2D eigenvalue weighted by atomic mass is 32.2. The zero-order valence-electron chi connectivity index (χ0n) is 8.30. The van der Waals surface area contributed by atoms with Gasteiger partial charge >= 0.3 is 0 Å². The molecule has 0 aromatic carbocycles.